The summed E-state index contributed by atoms with van der Waals surface area (Å²) in [5, 5.41) is 6.18. The third kappa shape index (κ3) is 9.85. The number of hydrogen-bond acceptors (Lipinski definition) is 6. The molecule has 0 fully saturated rings. The molecule has 0 spiro atoms. The Morgan fingerprint density at radius 1 is 0.744 bits per heavy atom. The fraction of sp³-hybridized carbons (Fsp3) is 0.250. The van der Waals surface area contributed by atoms with Crippen molar-refractivity contribution in [1.82, 2.24) is 5.32 Å². The molecule has 7 heteroatoms. The number of methoxy groups -OCH3 is 1. The molecule has 4 rings (SSSR count). The summed E-state index contributed by atoms with van der Waals surface area (Å²) in [5.74, 6) is 0.210. The number of benzene rings is 4. The van der Waals surface area contributed by atoms with Gasteiger partial charge in [-0.15, -0.1) is 0 Å². The third-order valence-corrected chi connectivity index (χ3v) is 7.01. The number of anilines is 1. The molecule has 4 aromatic carbocycles. The van der Waals surface area contributed by atoms with Crippen LogP contribution in [0.1, 0.15) is 46.3 Å². The standard InChI is InChI=1S/C36H38N2O5/c1-42-36(41)33(38-32-18-9-8-17-31(32)35(40)29-15-6-3-7-16-29)26-28-20-22-30(23-21-28)43-25-11-24-37-34(39)19-10-14-27-12-4-2-5-13-27/h2-9,12-13,15-18,20-23,33,38H,10-11,14,19,24-26H2,1H3,(H,37,39)/t33-/m0/s1. The number of nitrogens with one attached hydrogen (secondary N) is 2. The first-order valence-corrected chi connectivity index (χ1v) is 14.6. The topological polar surface area (TPSA) is 93.7 Å². The Balaban J connectivity index is 1.23. The minimum atomic E-state index is -0.696. The van der Waals surface area contributed by atoms with Gasteiger partial charge in [0, 0.05) is 36.2 Å². The van der Waals surface area contributed by atoms with Crippen molar-refractivity contribution < 1.29 is 23.9 Å². The van der Waals surface area contributed by atoms with Gasteiger partial charge in [0.05, 0.1) is 13.7 Å². The maximum Gasteiger partial charge on any atom is 0.328 e. The molecule has 0 bridgehead atoms. The number of carbonyl (C=O) groups is 3. The van der Waals surface area contributed by atoms with E-state index in [9.17, 15) is 14.4 Å². The van der Waals surface area contributed by atoms with E-state index in [4.69, 9.17) is 9.47 Å². The van der Waals surface area contributed by atoms with Gasteiger partial charge in [-0.05, 0) is 54.7 Å². The normalized spacial score (nSPS) is 11.3. The van der Waals surface area contributed by atoms with Gasteiger partial charge in [-0.25, -0.2) is 4.79 Å². The summed E-state index contributed by atoms with van der Waals surface area (Å²) in [6.45, 7) is 1.03. The fourth-order valence-corrected chi connectivity index (χ4v) is 4.71. The zero-order chi connectivity index (χ0) is 30.3. The summed E-state index contributed by atoms with van der Waals surface area (Å²) in [7, 11) is 1.35. The van der Waals surface area contributed by atoms with E-state index in [2.05, 4.69) is 22.8 Å². The van der Waals surface area contributed by atoms with Crippen molar-refractivity contribution in [3.8, 4) is 5.75 Å². The molecule has 4 aromatic rings. The summed E-state index contributed by atoms with van der Waals surface area (Å²) in [6.07, 6.45) is 3.28. The van der Waals surface area contributed by atoms with Crippen LogP contribution in [0.2, 0.25) is 0 Å². The Morgan fingerprint density at radius 3 is 2.14 bits per heavy atom. The molecule has 2 N–H and O–H groups in total. The number of ether oxygens (including phenoxy) is 2. The van der Waals surface area contributed by atoms with E-state index in [1.165, 1.54) is 12.7 Å². The molecule has 0 heterocycles. The molecule has 0 aliphatic carbocycles. The Morgan fingerprint density at radius 2 is 1.42 bits per heavy atom. The van der Waals surface area contributed by atoms with Gasteiger partial charge in [-0.2, -0.15) is 0 Å². The first-order valence-electron chi connectivity index (χ1n) is 14.6. The van der Waals surface area contributed by atoms with Crippen LogP contribution in [0.3, 0.4) is 0 Å². The molecule has 0 aromatic heterocycles. The van der Waals surface area contributed by atoms with E-state index in [0.29, 0.717) is 55.0 Å². The highest BCUT2D eigenvalue weighted by Crippen LogP contribution is 2.22. The molecule has 222 valence electrons. The highest BCUT2D eigenvalue weighted by Gasteiger charge is 2.22. The SMILES string of the molecule is COC(=O)[C@H](Cc1ccc(OCCCNC(=O)CCCc2ccccc2)cc1)Nc1ccccc1C(=O)c1ccccc1. The maximum absolute atomic E-state index is 13.1. The molecule has 7 nitrogen and oxygen atoms in total. The summed E-state index contributed by atoms with van der Waals surface area (Å²) < 4.78 is 10.9. The van der Waals surface area contributed by atoms with Crippen molar-refractivity contribution in [2.24, 2.45) is 0 Å². The van der Waals surface area contributed by atoms with Gasteiger partial charge in [0.25, 0.3) is 0 Å². The third-order valence-electron chi connectivity index (χ3n) is 7.01. The van der Waals surface area contributed by atoms with Crippen LogP contribution < -0.4 is 15.4 Å². The van der Waals surface area contributed by atoms with Crippen molar-refractivity contribution in [2.45, 2.75) is 38.1 Å². The predicted octanol–water partition coefficient (Wildman–Crippen LogP) is 6.02. The Bertz CT molecular complexity index is 1460. The quantitative estimate of drug-likeness (QED) is 0.0959. The largest absolute Gasteiger partial charge is 0.494 e. The van der Waals surface area contributed by atoms with Crippen molar-refractivity contribution in [3.05, 3.63) is 131 Å². The van der Waals surface area contributed by atoms with Crippen molar-refractivity contribution >= 4 is 23.3 Å². The number of amides is 1. The van der Waals surface area contributed by atoms with Crippen LogP contribution in [0, 0.1) is 0 Å². The van der Waals surface area contributed by atoms with Crippen molar-refractivity contribution in [3.63, 3.8) is 0 Å². The molecular formula is C36H38N2O5. The molecule has 0 saturated heterocycles. The zero-order valence-corrected chi connectivity index (χ0v) is 24.5. The van der Waals surface area contributed by atoms with Crippen molar-refractivity contribution in [1.29, 1.82) is 0 Å². The number of carbonyl (C=O) groups excluding carboxylic acids is 3. The fourth-order valence-electron chi connectivity index (χ4n) is 4.71. The molecule has 0 aliphatic heterocycles. The predicted molar refractivity (Wildman–Crippen MR) is 168 cm³/mol. The summed E-state index contributed by atoms with van der Waals surface area (Å²) in [6, 6.07) is 33.2. The number of aryl methyl sites for hydroxylation is 1. The number of ketones is 1. The van der Waals surface area contributed by atoms with Gasteiger partial charge in [0.2, 0.25) is 5.91 Å². The first kappa shape index (κ1) is 31.0. The monoisotopic (exact) mass is 578 g/mol. The lowest BCUT2D eigenvalue weighted by Crippen LogP contribution is -2.33. The van der Waals surface area contributed by atoms with Crippen LogP contribution in [0.25, 0.3) is 0 Å². The second-order valence-electron chi connectivity index (χ2n) is 10.2. The van der Waals surface area contributed by atoms with E-state index in [1.807, 2.05) is 66.7 Å². The van der Waals surface area contributed by atoms with Crippen LogP contribution in [0.4, 0.5) is 5.69 Å². The minimum Gasteiger partial charge on any atom is -0.494 e. The zero-order valence-electron chi connectivity index (χ0n) is 24.5. The average molecular weight is 579 g/mol. The summed E-state index contributed by atoms with van der Waals surface area (Å²) in [4.78, 5) is 37.9. The van der Waals surface area contributed by atoms with Gasteiger partial charge in [0.15, 0.2) is 5.78 Å². The van der Waals surface area contributed by atoms with E-state index in [1.54, 1.807) is 30.3 Å². The van der Waals surface area contributed by atoms with Crippen LogP contribution in [0.5, 0.6) is 5.75 Å². The van der Waals surface area contributed by atoms with Gasteiger partial charge >= 0.3 is 5.97 Å². The van der Waals surface area contributed by atoms with E-state index in [0.717, 1.165) is 18.4 Å². The lowest BCUT2D eigenvalue weighted by atomic mass is 10.00. The first-order chi connectivity index (χ1) is 21.0. The number of rotatable bonds is 16. The van der Waals surface area contributed by atoms with Crippen LogP contribution >= 0.6 is 0 Å². The lowest BCUT2D eigenvalue weighted by molar-refractivity contribution is -0.141. The summed E-state index contributed by atoms with van der Waals surface area (Å²) >= 11 is 0. The molecule has 43 heavy (non-hydrogen) atoms. The number of para-hydroxylation sites is 1. The molecule has 0 radical (unpaired) electrons. The molecule has 1 atom stereocenters. The van der Waals surface area contributed by atoms with Gasteiger partial charge < -0.3 is 20.1 Å². The number of hydrogen-bond donors (Lipinski definition) is 2. The Hall–Kier alpha value is -4.91. The van der Waals surface area contributed by atoms with Gasteiger partial charge in [0.1, 0.15) is 11.8 Å². The molecular weight excluding hydrogens is 540 g/mol. The van der Waals surface area contributed by atoms with Gasteiger partial charge in [-0.1, -0.05) is 84.9 Å². The van der Waals surface area contributed by atoms with Crippen molar-refractivity contribution in [2.75, 3.05) is 25.6 Å². The Labute approximate surface area is 253 Å². The second-order valence-corrected chi connectivity index (χ2v) is 10.2. The van der Waals surface area contributed by atoms with Crippen LogP contribution in [0.15, 0.2) is 109 Å². The molecule has 1 amide bonds. The van der Waals surface area contributed by atoms with Crippen LogP contribution in [-0.4, -0.2) is 44.0 Å². The van der Waals surface area contributed by atoms with E-state index in [-0.39, 0.29) is 11.7 Å². The van der Waals surface area contributed by atoms with Crippen LogP contribution in [-0.2, 0) is 27.2 Å². The summed E-state index contributed by atoms with van der Waals surface area (Å²) in [5.41, 5.74) is 3.77. The maximum atomic E-state index is 13.1. The Kier molecular flexibility index (Phi) is 11.9. The van der Waals surface area contributed by atoms with E-state index < -0.39 is 12.0 Å². The highest BCUT2D eigenvalue weighted by atomic mass is 16.5. The number of esters is 1. The molecule has 0 unspecified atom stereocenters. The van der Waals surface area contributed by atoms with E-state index >= 15 is 0 Å². The lowest BCUT2D eigenvalue weighted by Gasteiger charge is -2.20. The van der Waals surface area contributed by atoms with Gasteiger partial charge in [-0.3, -0.25) is 9.59 Å². The minimum absolute atomic E-state index is 0.0566. The average Bonchev–Trinajstić information content (AvgIpc) is 3.05. The second kappa shape index (κ2) is 16.5. The highest BCUT2D eigenvalue weighted by molar-refractivity contribution is 6.12. The smallest absolute Gasteiger partial charge is 0.328 e. The molecule has 0 saturated carbocycles. The molecule has 0 aliphatic rings.